The molecular formula is C13H18BrN3O3S. The molecule has 0 saturated heterocycles. The topological polar surface area (TPSA) is 91.3 Å². The highest BCUT2D eigenvalue weighted by Crippen LogP contribution is 2.38. The van der Waals surface area contributed by atoms with Crippen molar-refractivity contribution in [1.29, 1.82) is 0 Å². The molecule has 1 aromatic heterocycles. The molecule has 0 unspecified atom stereocenters. The summed E-state index contributed by atoms with van der Waals surface area (Å²) in [6.07, 6.45) is 6.61. The number of halogens is 1. The number of amides is 2. The van der Waals surface area contributed by atoms with Crippen LogP contribution >= 0.6 is 27.3 Å². The van der Waals surface area contributed by atoms with Crippen LogP contribution in [0.5, 0.6) is 0 Å². The van der Waals surface area contributed by atoms with Crippen LogP contribution in [0, 0.1) is 5.41 Å². The van der Waals surface area contributed by atoms with Crippen LogP contribution in [0.4, 0.5) is 9.93 Å². The lowest BCUT2D eigenvalue weighted by molar-refractivity contribution is -0.140. The zero-order valence-corrected chi connectivity index (χ0v) is 13.9. The van der Waals surface area contributed by atoms with E-state index >= 15 is 0 Å². The highest BCUT2D eigenvalue weighted by atomic mass is 79.9. The van der Waals surface area contributed by atoms with E-state index in [0.717, 1.165) is 35.9 Å². The Balaban J connectivity index is 1.88. The quantitative estimate of drug-likeness (QED) is 0.734. The number of hydrogen-bond acceptors (Lipinski definition) is 4. The first-order chi connectivity index (χ1) is 9.99. The molecular weight excluding hydrogens is 358 g/mol. The van der Waals surface area contributed by atoms with Crippen LogP contribution in [0.15, 0.2) is 9.98 Å². The van der Waals surface area contributed by atoms with Gasteiger partial charge in [0.25, 0.3) is 0 Å². The second-order valence-corrected chi connectivity index (χ2v) is 7.82. The number of nitrogens with zero attached hydrogens (tertiary/aromatic N) is 1. The fraction of sp³-hybridized carbons (Fsp3) is 0.615. The molecule has 1 aliphatic rings. The van der Waals surface area contributed by atoms with Crippen molar-refractivity contribution in [1.82, 2.24) is 10.3 Å². The number of hydrogen-bond donors (Lipinski definition) is 3. The van der Waals surface area contributed by atoms with Gasteiger partial charge in [-0.2, -0.15) is 0 Å². The van der Waals surface area contributed by atoms with Crippen molar-refractivity contribution in [3.8, 4) is 0 Å². The number of anilines is 1. The summed E-state index contributed by atoms with van der Waals surface area (Å²) in [5.41, 5.74) is -0.315. The molecule has 21 heavy (non-hydrogen) atoms. The SMILES string of the molecule is O=C(O)CC1(CNC(=O)Nc2ncc(Br)s2)CCCCC1. The third kappa shape index (κ3) is 4.96. The van der Waals surface area contributed by atoms with Gasteiger partial charge in [0, 0.05) is 6.54 Å². The van der Waals surface area contributed by atoms with Gasteiger partial charge in [0.15, 0.2) is 5.13 Å². The van der Waals surface area contributed by atoms with Crippen molar-refractivity contribution in [2.24, 2.45) is 5.41 Å². The van der Waals surface area contributed by atoms with Gasteiger partial charge in [-0.05, 0) is 34.2 Å². The van der Waals surface area contributed by atoms with Crippen molar-refractivity contribution in [3.05, 3.63) is 9.98 Å². The minimum atomic E-state index is -0.803. The maximum atomic E-state index is 11.9. The summed E-state index contributed by atoms with van der Waals surface area (Å²) in [7, 11) is 0. The van der Waals surface area contributed by atoms with Gasteiger partial charge in [-0.3, -0.25) is 10.1 Å². The molecule has 116 valence electrons. The molecule has 0 aromatic carbocycles. The van der Waals surface area contributed by atoms with E-state index in [1.165, 1.54) is 11.3 Å². The Morgan fingerprint density at radius 1 is 1.38 bits per heavy atom. The highest BCUT2D eigenvalue weighted by Gasteiger charge is 2.34. The van der Waals surface area contributed by atoms with Crippen molar-refractivity contribution < 1.29 is 14.7 Å². The third-order valence-electron chi connectivity index (χ3n) is 3.76. The van der Waals surface area contributed by atoms with Gasteiger partial charge < -0.3 is 10.4 Å². The molecule has 1 saturated carbocycles. The van der Waals surface area contributed by atoms with Gasteiger partial charge in [-0.15, -0.1) is 0 Å². The first-order valence-corrected chi connectivity index (χ1v) is 8.48. The summed E-state index contributed by atoms with van der Waals surface area (Å²) in [5, 5.41) is 15.0. The number of aromatic nitrogens is 1. The molecule has 1 aromatic rings. The number of carbonyl (C=O) groups excluding carboxylic acids is 1. The smallest absolute Gasteiger partial charge is 0.321 e. The lowest BCUT2D eigenvalue weighted by Gasteiger charge is -2.36. The zero-order valence-electron chi connectivity index (χ0n) is 11.5. The molecule has 1 aliphatic carbocycles. The minimum absolute atomic E-state index is 0.107. The number of nitrogens with one attached hydrogen (secondary N) is 2. The second kappa shape index (κ2) is 7.22. The Hall–Kier alpha value is -1.15. The van der Waals surface area contributed by atoms with Crippen LogP contribution in [0.1, 0.15) is 38.5 Å². The molecule has 0 spiro atoms. The molecule has 3 N–H and O–H groups in total. The lowest BCUT2D eigenvalue weighted by Crippen LogP contribution is -2.42. The predicted octanol–water partition coefficient (Wildman–Crippen LogP) is 3.45. The highest BCUT2D eigenvalue weighted by molar-refractivity contribution is 9.11. The number of carbonyl (C=O) groups is 2. The van der Waals surface area contributed by atoms with Gasteiger partial charge in [-0.1, -0.05) is 30.6 Å². The average molecular weight is 376 g/mol. The van der Waals surface area contributed by atoms with Crippen LogP contribution in [0.25, 0.3) is 0 Å². The molecule has 2 amide bonds. The van der Waals surface area contributed by atoms with Crippen molar-refractivity contribution in [2.75, 3.05) is 11.9 Å². The first-order valence-electron chi connectivity index (χ1n) is 6.87. The zero-order chi connectivity index (χ0) is 15.3. The van der Waals surface area contributed by atoms with Crippen LogP contribution in [0.2, 0.25) is 0 Å². The van der Waals surface area contributed by atoms with E-state index in [4.69, 9.17) is 5.11 Å². The molecule has 1 heterocycles. The normalized spacial score (nSPS) is 17.2. The number of thiazole rings is 1. The van der Waals surface area contributed by atoms with E-state index in [1.54, 1.807) is 6.20 Å². The molecule has 6 nitrogen and oxygen atoms in total. The lowest BCUT2D eigenvalue weighted by atomic mass is 9.72. The fourth-order valence-electron chi connectivity index (χ4n) is 2.76. The van der Waals surface area contributed by atoms with Gasteiger partial charge in [0.05, 0.1) is 16.4 Å². The molecule has 0 atom stereocenters. The van der Waals surface area contributed by atoms with Gasteiger partial charge in [0.2, 0.25) is 0 Å². The van der Waals surface area contributed by atoms with E-state index < -0.39 is 5.97 Å². The molecule has 8 heteroatoms. The van der Waals surface area contributed by atoms with E-state index in [9.17, 15) is 9.59 Å². The third-order valence-corrected chi connectivity index (χ3v) is 5.15. The number of aliphatic carboxylic acids is 1. The number of rotatable bonds is 5. The second-order valence-electron chi connectivity index (χ2n) is 5.41. The van der Waals surface area contributed by atoms with Gasteiger partial charge >= 0.3 is 12.0 Å². The van der Waals surface area contributed by atoms with Crippen molar-refractivity contribution in [3.63, 3.8) is 0 Å². The van der Waals surface area contributed by atoms with Crippen molar-refractivity contribution in [2.45, 2.75) is 38.5 Å². The monoisotopic (exact) mass is 375 g/mol. The Labute approximate surface area is 135 Å². The molecule has 0 bridgehead atoms. The summed E-state index contributed by atoms with van der Waals surface area (Å²) >= 11 is 4.61. The first kappa shape index (κ1) is 16.2. The fourth-order valence-corrected chi connectivity index (χ4v) is 3.86. The van der Waals surface area contributed by atoms with Gasteiger partial charge in [0.1, 0.15) is 0 Å². The van der Waals surface area contributed by atoms with E-state index in [0.29, 0.717) is 11.7 Å². The largest absolute Gasteiger partial charge is 0.481 e. The summed E-state index contributed by atoms with van der Waals surface area (Å²) in [6.45, 7) is 0.387. The number of carboxylic acid groups (broad SMARTS) is 1. The Morgan fingerprint density at radius 2 is 2.10 bits per heavy atom. The van der Waals surface area contributed by atoms with Crippen LogP contribution in [-0.4, -0.2) is 28.6 Å². The van der Waals surface area contributed by atoms with E-state index in [2.05, 4.69) is 31.5 Å². The molecule has 1 fully saturated rings. The van der Waals surface area contributed by atoms with Crippen LogP contribution in [-0.2, 0) is 4.79 Å². The van der Waals surface area contributed by atoms with E-state index in [-0.39, 0.29) is 17.9 Å². The summed E-state index contributed by atoms with van der Waals surface area (Å²) < 4.78 is 0.840. The number of urea groups is 1. The van der Waals surface area contributed by atoms with Gasteiger partial charge in [-0.25, -0.2) is 9.78 Å². The van der Waals surface area contributed by atoms with Crippen LogP contribution in [0.3, 0.4) is 0 Å². The molecule has 2 rings (SSSR count). The summed E-state index contributed by atoms with van der Waals surface area (Å²) in [5.74, 6) is -0.803. The average Bonchev–Trinajstić information content (AvgIpc) is 2.82. The number of carboxylic acids is 1. The Morgan fingerprint density at radius 3 is 2.67 bits per heavy atom. The minimum Gasteiger partial charge on any atom is -0.481 e. The molecule has 0 aliphatic heterocycles. The van der Waals surface area contributed by atoms with Crippen molar-refractivity contribution >= 4 is 44.4 Å². The maximum absolute atomic E-state index is 11.9. The summed E-state index contributed by atoms with van der Waals surface area (Å²) in [6, 6.07) is -0.341. The predicted molar refractivity (Wildman–Crippen MR) is 84.6 cm³/mol. The van der Waals surface area contributed by atoms with E-state index in [1.807, 2.05) is 0 Å². The summed E-state index contributed by atoms with van der Waals surface area (Å²) in [4.78, 5) is 27.0. The Kier molecular flexibility index (Phi) is 5.58. The van der Waals surface area contributed by atoms with Crippen LogP contribution < -0.4 is 10.6 Å². The maximum Gasteiger partial charge on any atom is 0.321 e. The molecule has 0 radical (unpaired) electrons. The Bertz CT molecular complexity index is 515. The standard InChI is InChI=1S/C13H18BrN3O3S/c14-9-7-15-12(21-9)17-11(20)16-8-13(6-10(18)19)4-2-1-3-5-13/h7H,1-6,8H2,(H,18,19)(H2,15,16,17,20).